The molecule has 5 heteroatoms. The Hall–Kier alpha value is -0.985. The zero-order valence-electron chi connectivity index (χ0n) is 8.20. The van der Waals surface area contributed by atoms with Gasteiger partial charge in [0.2, 0.25) is 0 Å². The molecule has 66 valence electrons. The summed E-state index contributed by atoms with van der Waals surface area (Å²) in [7, 11) is 16.8. The fourth-order valence-electron chi connectivity index (χ4n) is 1.42. The highest BCUT2D eigenvalue weighted by molar-refractivity contribution is 6.53. The Morgan fingerprint density at radius 3 is 1.71 bits per heavy atom. The highest BCUT2D eigenvalue weighted by Crippen LogP contribution is 2.21. The van der Waals surface area contributed by atoms with Crippen LogP contribution in [0.5, 0.6) is 11.5 Å². The molecule has 1 rings (SSSR count). The van der Waals surface area contributed by atoms with E-state index in [1.165, 1.54) is 0 Å². The van der Waals surface area contributed by atoms with E-state index in [0.717, 1.165) is 0 Å². The quantitative estimate of drug-likeness (QED) is 0.414. The number of aromatic hydroxyl groups is 2. The zero-order valence-corrected chi connectivity index (χ0v) is 8.20. The monoisotopic (exact) mass is 182 g/mol. The molecular weight excluding hydrogens is 173 g/mol. The summed E-state index contributed by atoms with van der Waals surface area (Å²) in [5.41, 5.74) is 0.857. The molecule has 0 aliphatic heterocycles. The van der Waals surface area contributed by atoms with Crippen LogP contribution in [0.4, 0.5) is 0 Å². The molecule has 0 saturated heterocycles. The molecule has 0 unspecified atom stereocenters. The lowest BCUT2D eigenvalue weighted by Crippen LogP contribution is -2.36. The number of hydrogen-bond donors (Lipinski definition) is 2. The molecule has 1 aromatic rings. The van der Waals surface area contributed by atoms with Crippen LogP contribution in [0, 0.1) is 0 Å². The lowest BCUT2D eigenvalue weighted by atomic mass is 9.69. The van der Waals surface area contributed by atoms with Crippen LogP contribution < -0.4 is 16.4 Å². The van der Waals surface area contributed by atoms with Crippen LogP contribution in [-0.4, -0.2) is 33.8 Å². The minimum Gasteiger partial charge on any atom is -0.505 e. The number of phenols is 2. The maximum absolute atomic E-state index is 9.43. The SMILES string of the molecule is [B]c1c([B])c(C(C)C)c([B])c(O)c1O. The summed E-state index contributed by atoms with van der Waals surface area (Å²) in [6.07, 6.45) is 0. The van der Waals surface area contributed by atoms with Crippen molar-refractivity contribution in [3.63, 3.8) is 0 Å². The van der Waals surface area contributed by atoms with Gasteiger partial charge in [-0.05, 0) is 11.4 Å². The Labute approximate surface area is 87.6 Å². The van der Waals surface area contributed by atoms with Gasteiger partial charge in [-0.3, -0.25) is 0 Å². The van der Waals surface area contributed by atoms with Crippen LogP contribution in [0.15, 0.2) is 0 Å². The van der Waals surface area contributed by atoms with Gasteiger partial charge in [-0.15, -0.1) is 0 Å². The summed E-state index contributed by atoms with van der Waals surface area (Å²) in [6, 6.07) is 0. The van der Waals surface area contributed by atoms with Crippen molar-refractivity contribution < 1.29 is 10.2 Å². The second kappa shape index (κ2) is 3.64. The van der Waals surface area contributed by atoms with Gasteiger partial charge in [0, 0.05) is 0 Å². The van der Waals surface area contributed by atoms with Crippen molar-refractivity contribution in [3.05, 3.63) is 5.56 Å². The Morgan fingerprint density at radius 1 is 0.857 bits per heavy atom. The number of benzene rings is 1. The fourth-order valence-corrected chi connectivity index (χ4v) is 1.42. The lowest BCUT2D eigenvalue weighted by molar-refractivity contribution is 0.409. The number of rotatable bonds is 1. The lowest BCUT2D eigenvalue weighted by Gasteiger charge is -2.19. The van der Waals surface area contributed by atoms with E-state index in [1.54, 1.807) is 0 Å². The van der Waals surface area contributed by atoms with Crippen molar-refractivity contribution in [1.82, 2.24) is 0 Å². The molecule has 0 aromatic heterocycles. The molecule has 14 heavy (non-hydrogen) atoms. The molecule has 6 radical (unpaired) electrons. The summed E-state index contributed by atoms with van der Waals surface area (Å²) in [5.74, 6) is -0.825. The molecule has 1 aromatic carbocycles. The number of phenolic OH excluding ortho intramolecular Hbond substituents is 2. The van der Waals surface area contributed by atoms with Gasteiger partial charge in [-0.25, -0.2) is 0 Å². The zero-order chi connectivity index (χ0) is 11.0. The first-order valence-corrected chi connectivity index (χ1v) is 4.26. The van der Waals surface area contributed by atoms with Gasteiger partial charge in [0.25, 0.3) is 0 Å². The van der Waals surface area contributed by atoms with Crippen LogP contribution in [0.2, 0.25) is 0 Å². The molecule has 0 spiro atoms. The molecule has 2 N–H and O–H groups in total. The van der Waals surface area contributed by atoms with E-state index in [-0.39, 0.29) is 22.3 Å². The van der Waals surface area contributed by atoms with E-state index in [1.807, 2.05) is 13.8 Å². The van der Waals surface area contributed by atoms with Crippen LogP contribution in [0.3, 0.4) is 0 Å². The van der Waals surface area contributed by atoms with E-state index in [4.69, 9.17) is 23.5 Å². The second-order valence-corrected chi connectivity index (χ2v) is 3.51. The topological polar surface area (TPSA) is 40.5 Å². The molecule has 0 bridgehead atoms. The van der Waals surface area contributed by atoms with Crippen molar-refractivity contribution in [1.29, 1.82) is 0 Å². The summed E-state index contributed by atoms with van der Waals surface area (Å²) >= 11 is 0. The molecular formula is C9H9B3O2. The average molecular weight is 182 g/mol. The maximum atomic E-state index is 9.43. The molecule has 0 aliphatic rings. The van der Waals surface area contributed by atoms with E-state index in [9.17, 15) is 10.2 Å². The van der Waals surface area contributed by atoms with Gasteiger partial charge in [0.05, 0.1) is 0 Å². The Balaban J connectivity index is 3.60. The van der Waals surface area contributed by atoms with Gasteiger partial charge in [0.15, 0.2) is 0 Å². The second-order valence-electron chi connectivity index (χ2n) is 3.51. The van der Waals surface area contributed by atoms with Crippen molar-refractivity contribution in [2.45, 2.75) is 19.8 Å². The third-order valence-electron chi connectivity index (χ3n) is 2.18. The first-order valence-electron chi connectivity index (χ1n) is 4.26. The van der Waals surface area contributed by atoms with E-state index >= 15 is 0 Å². The van der Waals surface area contributed by atoms with Crippen LogP contribution >= 0.6 is 0 Å². The largest absolute Gasteiger partial charge is 0.505 e. The van der Waals surface area contributed by atoms with Crippen LogP contribution in [0.25, 0.3) is 0 Å². The Morgan fingerprint density at radius 2 is 1.29 bits per heavy atom. The maximum Gasteiger partial charge on any atom is 0.149 e. The fraction of sp³-hybridized carbons (Fsp3) is 0.333. The van der Waals surface area contributed by atoms with Gasteiger partial charge in [-0.1, -0.05) is 30.3 Å². The van der Waals surface area contributed by atoms with Crippen molar-refractivity contribution in [2.24, 2.45) is 0 Å². The number of hydrogen-bond acceptors (Lipinski definition) is 2. The molecule has 0 amide bonds. The van der Waals surface area contributed by atoms with Crippen molar-refractivity contribution in [2.75, 3.05) is 0 Å². The summed E-state index contributed by atoms with van der Waals surface area (Å²) in [5, 5.41) is 18.8. The van der Waals surface area contributed by atoms with Gasteiger partial charge >= 0.3 is 0 Å². The predicted octanol–water partition coefficient (Wildman–Crippen LogP) is -1.40. The molecule has 0 heterocycles. The smallest absolute Gasteiger partial charge is 0.149 e. The van der Waals surface area contributed by atoms with Crippen molar-refractivity contribution >= 4 is 39.9 Å². The standard InChI is InChI=1S/C9H9B3O2/c1-3(2)4-5(10)7(12)9(14)8(13)6(4)11/h3,13-14H,1-2H3. The normalized spacial score (nSPS) is 10.8. The minimum absolute atomic E-state index is 0.0274. The highest BCUT2D eigenvalue weighted by Gasteiger charge is 2.16. The van der Waals surface area contributed by atoms with Crippen molar-refractivity contribution in [3.8, 4) is 11.5 Å². The predicted molar refractivity (Wildman–Crippen MR) is 60.0 cm³/mol. The Bertz CT molecular complexity index is 346. The average Bonchev–Trinajstić information content (AvgIpc) is 2.11. The summed E-state index contributed by atoms with van der Waals surface area (Å²) in [6.45, 7) is 3.75. The van der Waals surface area contributed by atoms with Gasteiger partial charge in [0.1, 0.15) is 35.0 Å². The molecule has 0 saturated carbocycles. The van der Waals surface area contributed by atoms with Gasteiger partial charge in [-0.2, -0.15) is 0 Å². The first kappa shape index (κ1) is 11.1. The van der Waals surface area contributed by atoms with Crippen LogP contribution in [0.1, 0.15) is 25.3 Å². The van der Waals surface area contributed by atoms with E-state index in [0.29, 0.717) is 5.56 Å². The molecule has 0 fully saturated rings. The third kappa shape index (κ3) is 1.51. The molecule has 0 atom stereocenters. The summed E-state index contributed by atoms with van der Waals surface area (Å²) in [4.78, 5) is 0. The van der Waals surface area contributed by atoms with Gasteiger partial charge < -0.3 is 10.2 Å². The van der Waals surface area contributed by atoms with E-state index in [2.05, 4.69) is 0 Å². The molecule has 0 aliphatic carbocycles. The van der Waals surface area contributed by atoms with Crippen LogP contribution in [-0.2, 0) is 0 Å². The first-order chi connectivity index (χ1) is 6.37. The highest BCUT2D eigenvalue weighted by atomic mass is 16.3. The minimum atomic E-state index is -0.454. The summed E-state index contributed by atoms with van der Waals surface area (Å²) < 4.78 is 0. The Kier molecular flexibility index (Phi) is 2.88. The molecule has 2 nitrogen and oxygen atoms in total. The van der Waals surface area contributed by atoms with E-state index < -0.39 is 11.5 Å². The third-order valence-corrected chi connectivity index (χ3v) is 2.18.